The molecule has 0 aliphatic rings. The molecule has 1 N–H and O–H groups in total. The fraction of sp³-hybridized carbons (Fsp3) is 0.333. The maximum Gasteiger partial charge on any atom is 0.107 e. The molecule has 0 aromatic carbocycles. The van der Waals surface area contributed by atoms with Gasteiger partial charge in [0.15, 0.2) is 0 Å². The Balaban J connectivity index is 1.78. The van der Waals surface area contributed by atoms with Crippen LogP contribution in [0.5, 0.6) is 0 Å². The van der Waals surface area contributed by atoms with Crippen molar-refractivity contribution in [2.45, 2.75) is 20.0 Å². The Morgan fingerprint density at radius 3 is 2.93 bits per heavy atom. The van der Waals surface area contributed by atoms with Crippen LogP contribution in [0.4, 0.5) is 0 Å². The van der Waals surface area contributed by atoms with E-state index in [1.165, 1.54) is 4.88 Å². The van der Waals surface area contributed by atoms with E-state index in [4.69, 9.17) is 0 Å². The third-order valence-corrected chi connectivity index (χ3v) is 3.47. The average Bonchev–Trinajstić information content (AvgIpc) is 2.77. The van der Waals surface area contributed by atoms with Gasteiger partial charge in [-0.05, 0) is 6.92 Å². The first kappa shape index (κ1) is 9.76. The number of hydrogen-bond acceptors (Lipinski definition) is 5. The van der Waals surface area contributed by atoms with Crippen LogP contribution in [0.1, 0.15) is 15.6 Å². The van der Waals surface area contributed by atoms with Gasteiger partial charge in [-0.2, -0.15) is 0 Å². The largest absolute Gasteiger partial charge is 0.305 e. The Labute approximate surface area is 90.9 Å². The van der Waals surface area contributed by atoms with Crippen molar-refractivity contribution in [2.75, 3.05) is 0 Å². The van der Waals surface area contributed by atoms with Crippen molar-refractivity contribution < 1.29 is 0 Å². The number of thiazole rings is 2. The smallest absolute Gasteiger partial charge is 0.107 e. The average molecular weight is 225 g/mol. The molecular formula is C9H11N3S2. The van der Waals surface area contributed by atoms with E-state index in [-0.39, 0.29) is 0 Å². The van der Waals surface area contributed by atoms with E-state index >= 15 is 0 Å². The summed E-state index contributed by atoms with van der Waals surface area (Å²) in [5.41, 5.74) is 2.95. The van der Waals surface area contributed by atoms with Crippen LogP contribution in [0.2, 0.25) is 0 Å². The van der Waals surface area contributed by atoms with Gasteiger partial charge in [-0.3, -0.25) is 4.98 Å². The second kappa shape index (κ2) is 4.63. The second-order valence-electron chi connectivity index (χ2n) is 2.95. The lowest BCUT2D eigenvalue weighted by Gasteiger charge is -1.98. The topological polar surface area (TPSA) is 37.8 Å². The maximum atomic E-state index is 4.37. The second-order valence-corrected chi connectivity index (χ2v) is 4.87. The minimum absolute atomic E-state index is 0.844. The minimum atomic E-state index is 0.844. The Bertz CT molecular complexity index is 380. The molecule has 0 aliphatic heterocycles. The van der Waals surface area contributed by atoms with E-state index in [2.05, 4.69) is 20.7 Å². The molecule has 5 heteroatoms. The molecule has 0 bridgehead atoms. The molecule has 2 aromatic rings. The Morgan fingerprint density at radius 1 is 1.36 bits per heavy atom. The zero-order valence-corrected chi connectivity index (χ0v) is 9.49. The summed E-state index contributed by atoms with van der Waals surface area (Å²) in [5.74, 6) is 0. The summed E-state index contributed by atoms with van der Waals surface area (Å²) in [5, 5.41) is 6.55. The van der Waals surface area contributed by atoms with Gasteiger partial charge in [0.1, 0.15) is 5.01 Å². The summed E-state index contributed by atoms with van der Waals surface area (Å²) in [4.78, 5) is 9.65. The van der Waals surface area contributed by atoms with Gasteiger partial charge in [0, 0.05) is 35.2 Å². The van der Waals surface area contributed by atoms with Crippen LogP contribution in [0.25, 0.3) is 0 Å². The predicted molar refractivity (Wildman–Crippen MR) is 59.5 cm³/mol. The standard InChI is InChI=1S/C9H11N3S2/c1-7-5-13-9(12-7)4-10-2-8-3-11-6-14-8/h3,5-6,10H,2,4H2,1H3. The zero-order chi connectivity index (χ0) is 9.80. The van der Waals surface area contributed by atoms with Gasteiger partial charge in [-0.15, -0.1) is 22.7 Å². The number of aromatic nitrogens is 2. The molecular weight excluding hydrogens is 214 g/mol. The number of aryl methyl sites for hydroxylation is 1. The highest BCUT2D eigenvalue weighted by Crippen LogP contribution is 2.09. The molecule has 2 aromatic heterocycles. The van der Waals surface area contributed by atoms with Crippen molar-refractivity contribution in [3.63, 3.8) is 0 Å². The summed E-state index contributed by atoms with van der Waals surface area (Å²) in [7, 11) is 0. The number of nitrogens with one attached hydrogen (secondary N) is 1. The lowest BCUT2D eigenvalue weighted by atomic mass is 10.5. The van der Waals surface area contributed by atoms with Crippen LogP contribution in [0.3, 0.4) is 0 Å². The van der Waals surface area contributed by atoms with Crippen molar-refractivity contribution >= 4 is 22.7 Å². The van der Waals surface area contributed by atoms with Crippen molar-refractivity contribution in [1.82, 2.24) is 15.3 Å². The molecule has 0 saturated carbocycles. The van der Waals surface area contributed by atoms with Crippen LogP contribution in [-0.4, -0.2) is 9.97 Å². The fourth-order valence-corrected chi connectivity index (χ4v) is 2.41. The van der Waals surface area contributed by atoms with Crippen LogP contribution in [0, 0.1) is 6.92 Å². The van der Waals surface area contributed by atoms with E-state index in [1.807, 2.05) is 18.6 Å². The first-order valence-corrected chi connectivity index (χ1v) is 6.09. The Morgan fingerprint density at radius 2 is 2.29 bits per heavy atom. The summed E-state index contributed by atoms with van der Waals surface area (Å²) in [6.07, 6.45) is 1.89. The highest BCUT2D eigenvalue weighted by molar-refractivity contribution is 7.09. The van der Waals surface area contributed by atoms with E-state index in [0.29, 0.717) is 0 Å². The monoisotopic (exact) mass is 225 g/mol. The van der Waals surface area contributed by atoms with Gasteiger partial charge in [-0.25, -0.2) is 4.98 Å². The normalized spacial score (nSPS) is 10.6. The molecule has 2 heterocycles. The lowest BCUT2D eigenvalue weighted by Crippen LogP contribution is -2.11. The summed E-state index contributed by atoms with van der Waals surface area (Å²) < 4.78 is 0. The molecule has 2 rings (SSSR count). The molecule has 0 spiro atoms. The SMILES string of the molecule is Cc1csc(CNCc2cncs2)n1. The van der Waals surface area contributed by atoms with Gasteiger partial charge < -0.3 is 5.32 Å². The Hall–Kier alpha value is -0.780. The molecule has 0 fully saturated rings. The Kier molecular flexibility index (Phi) is 3.23. The molecule has 0 aliphatic carbocycles. The zero-order valence-electron chi connectivity index (χ0n) is 7.86. The first-order chi connectivity index (χ1) is 6.84. The summed E-state index contributed by atoms with van der Waals surface area (Å²) >= 11 is 3.37. The van der Waals surface area contributed by atoms with Gasteiger partial charge in [0.05, 0.1) is 5.51 Å². The van der Waals surface area contributed by atoms with E-state index in [9.17, 15) is 0 Å². The maximum absolute atomic E-state index is 4.37. The molecule has 74 valence electrons. The number of nitrogens with zero attached hydrogens (tertiary/aromatic N) is 2. The molecule has 0 atom stereocenters. The van der Waals surface area contributed by atoms with Crippen LogP contribution in [-0.2, 0) is 13.1 Å². The molecule has 0 amide bonds. The minimum Gasteiger partial charge on any atom is -0.305 e. The first-order valence-electron chi connectivity index (χ1n) is 4.33. The van der Waals surface area contributed by atoms with Crippen LogP contribution in [0.15, 0.2) is 17.1 Å². The molecule has 0 radical (unpaired) electrons. The van der Waals surface area contributed by atoms with E-state index in [0.717, 1.165) is 23.8 Å². The van der Waals surface area contributed by atoms with Crippen molar-refractivity contribution in [1.29, 1.82) is 0 Å². The third kappa shape index (κ3) is 2.60. The lowest BCUT2D eigenvalue weighted by molar-refractivity contribution is 0.695. The van der Waals surface area contributed by atoms with Gasteiger partial charge in [0.25, 0.3) is 0 Å². The molecule has 3 nitrogen and oxygen atoms in total. The highest BCUT2D eigenvalue weighted by atomic mass is 32.1. The molecule has 0 saturated heterocycles. The van der Waals surface area contributed by atoms with Gasteiger partial charge in [0.2, 0.25) is 0 Å². The van der Waals surface area contributed by atoms with Crippen LogP contribution >= 0.6 is 22.7 Å². The van der Waals surface area contributed by atoms with E-state index in [1.54, 1.807) is 22.7 Å². The van der Waals surface area contributed by atoms with Gasteiger partial charge in [-0.1, -0.05) is 0 Å². The summed E-state index contributed by atoms with van der Waals surface area (Å²) in [6, 6.07) is 0. The third-order valence-electron chi connectivity index (χ3n) is 1.73. The number of rotatable bonds is 4. The molecule has 14 heavy (non-hydrogen) atoms. The highest BCUT2D eigenvalue weighted by Gasteiger charge is 1.98. The van der Waals surface area contributed by atoms with Crippen LogP contribution < -0.4 is 5.32 Å². The quantitative estimate of drug-likeness (QED) is 0.867. The van der Waals surface area contributed by atoms with Gasteiger partial charge >= 0.3 is 0 Å². The van der Waals surface area contributed by atoms with Crippen molar-refractivity contribution in [3.8, 4) is 0 Å². The summed E-state index contributed by atoms with van der Waals surface area (Å²) in [6.45, 7) is 3.74. The molecule has 0 unspecified atom stereocenters. The van der Waals surface area contributed by atoms with Crippen molar-refractivity contribution in [3.05, 3.63) is 32.7 Å². The number of hydrogen-bond donors (Lipinski definition) is 1. The predicted octanol–water partition coefficient (Wildman–Crippen LogP) is 2.20. The van der Waals surface area contributed by atoms with Crippen molar-refractivity contribution in [2.24, 2.45) is 0 Å². The fourth-order valence-electron chi connectivity index (χ4n) is 1.11. The van der Waals surface area contributed by atoms with E-state index < -0.39 is 0 Å².